The highest BCUT2D eigenvalue weighted by atomic mass is 16.5. The van der Waals surface area contributed by atoms with Gasteiger partial charge in [-0.2, -0.15) is 0 Å². The van der Waals surface area contributed by atoms with Crippen molar-refractivity contribution in [1.29, 1.82) is 0 Å². The van der Waals surface area contributed by atoms with Gasteiger partial charge in [0, 0.05) is 6.54 Å². The third kappa shape index (κ3) is 4.85. The number of nitrogens with one attached hydrogen (secondary N) is 2. The van der Waals surface area contributed by atoms with Crippen LogP contribution in [0.3, 0.4) is 0 Å². The second-order valence-electron chi connectivity index (χ2n) is 6.77. The minimum atomic E-state index is -1.20. The van der Waals surface area contributed by atoms with E-state index in [1.54, 1.807) is 27.0 Å². The van der Waals surface area contributed by atoms with Crippen molar-refractivity contribution in [3.8, 4) is 5.75 Å². The van der Waals surface area contributed by atoms with E-state index in [1.165, 1.54) is 0 Å². The third-order valence-corrected chi connectivity index (χ3v) is 4.28. The zero-order valence-corrected chi connectivity index (χ0v) is 15.8. The summed E-state index contributed by atoms with van der Waals surface area (Å²) in [4.78, 5) is 25.2. The SMILES string of the molecule is COc1ccc(C)cc1NC(=O)C(C)(C)C(=O)NCCc1ccccc1. The molecule has 0 saturated heterocycles. The minimum Gasteiger partial charge on any atom is -0.495 e. The lowest BCUT2D eigenvalue weighted by Gasteiger charge is -2.23. The number of anilines is 1. The van der Waals surface area contributed by atoms with Crippen LogP contribution in [-0.4, -0.2) is 25.5 Å². The van der Waals surface area contributed by atoms with E-state index in [0.29, 0.717) is 18.0 Å². The van der Waals surface area contributed by atoms with Crippen molar-refractivity contribution in [3.05, 3.63) is 59.7 Å². The molecule has 0 radical (unpaired) electrons. The first kappa shape index (κ1) is 19.5. The fourth-order valence-corrected chi connectivity index (χ4v) is 2.49. The molecule has 2 rings (SSSR count). The van der Waals surface area contributed by atoms with E-state index in [9.17, 15) is 9.59 Å². The van der Waals surface area contributed by atoms with Crippen LogP contribution in [0.25, 0.3) is 0 Å². The molecule has 2 aromatic rings. The topological polar surface area (TPSA) is 67.4 Å². The van der Waals surface area contributed by atoms with Crippen molar-refractivity contribution in [1.82, 2.24) is 5.32 Å². The number of benzene rings is 2. The molecule has 0 aliphatic carbocycles. The number of carbonyl (C=O) groups is 2. The average molecular weight is 354 g/mol. The zero-order chi connectivity index (χ0) is 19.2. The first-order chi connectivity index (χ1) is 12.3. The first-order valence-electron chi connectivity index (χ1n) is 8.63. The Morgan fingerprint density at radius 1 is 1.04 bits per heavy atom. The molecule has 0 heterocycles. The summed E-state index contributed by atoms with van der Waals surface area (Å²) in [6.45, 7) is 5.63. The van der Waals surface area contributed by atoms with Gasteiger partial charge in [-0.15, -0.1) is 0 Å². The molecular weight excluding hydrogens is 328 g/mol. The largest absolute Gasteiger partial charge is 0.495 e. The van der Waals surface area contributed by atoms with Gasteiger partial charge in [-0.25, -0.2) is 0 Å². The Balaban J connectivity index is 1.98. The molecule has 5 nitrogen and oxygen atoms in total. The summed E-state index contributed by atoms with van der Waals surface area (Å²) < 4.78 is 5.27. The lowest BCUT2D eigenvalue weighted by molar-refractivity contribution is -0.138. The van der Waals surface area contributed by atoms with Crippen molar-refractivity contribution < 1.29 is 14.3 Å². The number of ether oxygens (including phenoxy) is 1. The second kappa shape index (κ2) is 8.52. The number of methoxy groups -OCH3 is 1. The van der Waals surface area contributed by atoms with Crippen LogP contribution in [0.5, 0.6) is 5.75 Å². The molecule has 2 amide bonds. The molecule has 0 aliphatic rings. The summed E-state index contributed by atoms with van der Waals surface area (Å²) in [5.41, 5.74) is 1.49. The molecule has 0 aromatic heterocycles. The molecule has 2 aromatic carbocycles. The Morgan fingerprint density at radius 3 is 2.38 bits per heavy atom. The molecule has 0 aliphatic heterocycles. The number of hydrogen-bond donors (Lipinski definition) is 2. The van der Waals surface area contributed by atoms with Gasteiger partial charge in [-0.3, -0.25) is 9.59 Å². The summed E-state index contributed by atoms with van der Waals surface area (Å²) in [7, 11) is 1.54. The summed E-state index contributed by atoms with van der Waals surface area (Å²) in [6, 6.07) is 15.4. The van der Waals surface area contributed by atoms with Gasteiger partial charge in [0.1, 0.15) is 11.2 Å². The molecule has 5 heteroatoms. The number of rotatable bonds is 7. The van der Waals surface area contributed by atoms with Crippen LogP contribution in [-0.2, 0) is 16.0 Å². The maximum Gasteiger partial charge on any atom is 0.239 e. The standard InChI is InChI=1S/C21H26N2O3/c1-15-10-11-18(26-4)17(14-15)23-20(25)21(2,3)19(24)22-13-12-16-8-6-5-7-9-16/h5-11,14H,12-13H2,1-4H3,(H,22,24)(H,23,25). The van der Waals surface area contributed by atoms with E-state index >= 15 is 0 Å². The highest BCUT2D eigenvalue weighted by molar-refractivity contribution is 6.10. The van der Waals surface area contributed by atoms with Gasteiger partial charge < -0.3 is 15.4 Å². The van der Waals surface area contributed by atoms with Gasteiger partial charge >= 0.3 is 0 Å². The Labute approximate surface area is 154 Å². The maximum atomic E-state index is 12.7. The Hall–Kier alpha value is -2.82. The van der Waals surface area contributed by atoms with Crippen LogP contribution in [0.4, 0.5) is 5.69 Å². The van der Waals surface area contributed by atoms with Crippen molar-refractivity contribution >= 4 is 17.5 Å². The number of hydrogen-bond acceptors (Lipinski definition) is 3. The van der Waals surface area contributed by atoms with Crippen molar-refractivity contribution in [2.45, 2.75) is 27.2 Å². The fraction of sp³-hybridized carbons (Fsp3) is 0.333. The molecule has 0 unspecified atom stereocenters. The highest BCUT2D eigenvalue weighted by Crippen LogP contribution is 2.27. The molecule has 0 spiro atoms. The fourth-order valence-electron chi connectivity index (χ4n) is 2.49. The molecule has 2 N–H and O–H groups in total. The van der Waals surface area contributed by atoms with E-state index in [2.05, 4.69) is 10.6 Å². The van der Waals surface area contributed by atoms with Gasteiger partial charge in [-0.1, -0.05) is 36.4 Å². The lowest BCUT2D eigenvalue weighted by atomic mass is 9.90. The van der Waals surface area contributed by atoms with Crippen LogP contribution in [0, 0.1) is 12.3 Å². The molecule has 0 bridgehead atoms. The Bertz CT molecular complexity index is 770. The van der Waals surface area contributed by atoms with Gasteiger partial charge in [0.2, 0.25) is 11.8 Å². The van der Waals surface area contributed by atoms with Crippen LogP contribution in [0.2, 0.25) is 0 Å². The maximum absolute atomic E-state index is 12.7. The van der Waals surface area contributed by atoms with Crippen LogP contribution in [0.1, 0.15) is 25.0 Å². The molecule has 138 valence electrons. The smallest absolute Gasteiger partial charge is 0.239 e. The lowest BCUT2D eigenvalue weighted by Crippen LogP contribution is -2.45. The van der Waals surface area contributed by atoms with E-state index in [0.717, 1.165) is 17.5 Å². The van der Waals surface area contributed by atoms with Crippen molar-refractivity contribution in [3.63, 3.8) is 0 Å². The van der Waals surface area contributed by atoms with Crippen molar-refractivity contribution in [2.75, 3.05) is 19.0 Å². The van der Waals surface area contributed by atoms with Crippen molar-refractivity contribution in [2.24, 2.45) is 5.41 Å². The molecule has 0 fully saturated rings. The van der Waals surface area contributed by atoms with Gasteiger partial charge in [0.15, 0.2) is 0 Å². The number of carbonyl (C=O) groups excluding carboxylic acids is 2. The summed E-state index contributed by atoms with van der Waals surface area (Å²) in [6.07, 6.45) is 0.718. The predicted molar refractivity (Wildman–Crippen MR) is 103 cm³/mol. The Morgan fingerprint density at radius 2 is 1.73 bits per heavy atom. The Kier molecular flexibility index (Phi) is 6.39. The monoisotopic (exact) mass is 354 g/mol. The van der Waals surface area contributed by atoms with E-state index in [-0.39, 0.29) is 11.8 Å². The zero-order valence-electron chi connectivity index (χ0n) is 15.8. The molecular formula is C21H26N2O3. The van der Waals surface area contributed by atoms with E-state index in [4.69, 9.17) is 4.74 Å². The minimum absolute atomic E-state index is 0.308. The van der Waals surface area contributed by atoms with Crippen LogP contribution >= 0.6 is 0 Å². The van der Waals surface area contributed by atoms with Gasteiger partial charge in [-0.05, 0) is 50.5 Å². The summed E-state index contributed by atoms with van der Waals surface area (Å²) in [5.74, 6) is -0.125. The number of amides is 2. The molecule has 0 saturated carbocycles. The summed E-state index contributed by atoms with van der Waals surface area (Å²) >= 11 is 0. The molecule has 26 heavy (non-hydrogen) atoms. The van der Waals surface area contributed by atoms with Gasteiger partial charge in [0.25, 0.3) is 0 Å². The average Bonchev–Trinajstić information content (AvgIpc) is 2.62. The normalized spacial score (nSPS) is 10.9. The second-order valence-corrected chi connectivity index (χ2v) is 6.77. The number of aryl methyl sites for hydroxylation is 1. The van der Waals surface area contributed by atoms with Crippen LogP contribution in [0.15, 0.2) is 48.5 Å². The van der Waals surface area contributed by atoms with Gasteiger partial charge in [0.05, 0.1) is 12.8 Å². The predicted octanol–water partition coefficient (Wildman–Crippen LogP) is 3.33. The highest BCUT2D eigenvalue weighted by Gasteiger charge is 2.36. The van der Waals surface area contributed by atoms with Crippen LogP contribution < -0.4 is 15.4 Å². The molecule has 0 atom stereocenters. The quantitative estimate of drug-likeness (QED) is 0.750. The third-order valence-electron chi connectivity index (χ3n) is 4.28. The van der Waals surface area contributed by atoms with E-state index in [1.807, 2.05) is 49.4 Å². The first-order valence-corrected chi connectivity index (χ1v) is 8.63. The van der Waals surface area contributed by atoms with E-state index < -0.39 is 5.41 Å². The summed E-state index contributed by atoms with van der Waals surface area (Å²) in [5, 5.41) is 5.65.